The van der Waals surface area contributed by atoms with Crippen molar-refractivity contribution < 1.29 is 14.7 Å². The molecule has 0 unspecified atom stereocenters. The van der Waals surface area contributed by atoms with Gasteiger partial charge in [-0.25, -0.2) is 0 Å². The van der Waals surface area contributed by atoms with Crippen molar-refractivity contribution in [1.82, 2.24) is 20.3 Å². The average molecular weight is 283 g/mol. The van der Waals surface area contributed by atoms with Crippen LogP contribution in [0, 0.1) is 0 Å². The van der Waals surface area contributed by atoms with E-state index < -0.39 is 5.97 Å². The molecule has 112 valence electrons. The largest absolute Gasteiger partial charge is 0.481 e. The number of hydrogen-bond donors (Lipinski definition) is 3. The van der Waals surface area contributed by atoms with Gasteiger partial charge in [-0.05, 0) is 12.8 Å². The van der Waals surface area contributed by atoms with Crippen molar-refractivity contribution in [3.8, 4) is 0 Å². The molecule has 0 aliphatic carbocycles. The van der Waals surface area contributed by atoms with E-state index in [1.165, 1.54) is 4.68 Å². The molecule has 1 heterocycles. The van der Waals surface area contributed by atoms with E-state index in [0.29, 0.717) is 26.1 Å². The molecule has 1 aromatic rings. The topological polar surface area (TPSA) is 123 Å². The molecule has 1 aromatic heterocycles. The molecule has 0 fully saturated rings. The summed E-state index contributed by atoms with van der Waals surface area (Å²) in [6.45, 7) is 1.53. The van der Waals surface area contributed by atoms with Crippen LogP contribution in [0.15, 0.2) is 6.20 Å². The zero-order chi connectivity index (χ0) is 14.8. The molecule has 0 spiro atoms. The van der Waals surface area contributed by atoms with Crippen molar-refractivity contribution in [2.24, 2.45) is 5.73 Å². The van der Waals surface area contributed by atoms with E-state index >= 15 is 0 Å². The summed E-state index contributed by atoms with van der Waals surface area (Å²) < 4.78 is 1.53. The second-order valence-electron chi connectivity index (χ2n) is 4.47. The van der Waals surface area contributed by atoms with Crippen LogP contribution in [0.1, 0.15) is 42.6 Å². The van der Waals surface area contributed by atoms with E-state index in [4.69, 9.17) is 10.8 Å². The number of rotatable bonds is 10. The molecule has 0 radical (unpaired) electrons. The third-order valence-corrected chi connectivity index (χ3v) is 2.73. The van der Waals surface area contributed by atoms with Crippen LogP contribution in [0.3, 0.4) is 0 Å². The summed E-state index contributed by atoms with van der Waals surface area (Å²) in [5, 5.41) is 18.8. The van der Waals surface area contributed by atoms with E-state index in [-0.39, 0.29) is 18.0 Å². The van der Waals surface area contributed by atoms with Gasteiger partial charge in [0, 0.05) is 19.5 Å². The number of carboxylic acid groups (broad SMARTS) is 1. The maximum atomic E-state index is 11.7. The molecule has 0 aromatic carbocycles. The Bertz CT molecular complexity index is 432. The first-order valence-corrected chi connectivity index (χ1v) is 6.73. The summed E-state index contributed by atoms with van der Waals surface area (Å²) in [5.74, 6) is -1.02. The molecule has 4 N–H and O–H groups in total. The van der Waals surface area contributed by atoms with Crippen LogP contribution in [0.2, 0.25) is 0 Å². The maximum absolute atomic E-state index is 11.7. The number of nitrogens with one attached hydrogen (secondary N) is 1. The van der Waals surface area contributed by atoms with Crippen LogP contribution in [-0.2, 0) is 11.3 Å². The van der Waals surface area contributed by atoms with Gasteiger partial charge in [-0.15, -0.1) is 5.10 Å². The van der Waals surface area contributed by atoms with Gasteiger partial charge in [0.2, 0.25) is 0 Å². The number of aliphatic carboxylic acids is 1. The predicted molar refractivity (Wildman–Crippen MR) is 72.1 cm³/mol. The van der Waals surface area contributed by atoms with Gasteiger partial charge < -0.3 is 16.2 Å². The van der Waals surface area contributed by atoms with Gasteiger partial charge in [-0.3, -0.25) is 14.3 Å². The van der Waals surface area contributed by atoms with Gasteiger partial charge in [0.05, 0.1) is 12.7 Å². The van der Waals surface area contributed by atoms with Crippen molar-refractivity contribution in [3.63, 3.8) is 0 Å². The molecular formula is C12H21N5O3. The molecule has 0 saturated carbocycles. The summed E-state index contributed by atoms with van der Waals surface area (Å²) in [6.07, 6.45) is 5.02. The van der Waals surface area contributed by atoms with E-state index in [1.807, 2.05) is 0 Å². The van der Waals surface area contributed by atoms with E-state index in [2.05, 4.69) is 15.6 Å². The number of nitrogens with zero attached hydrogens (tertiary/aromatic N) is 3. The quantitative estimate of drug-likeness (QED) is 0.519. The fraction of sp³-hybridized carbons (Fsp3) is 0.667. The Morgan fingerprint density at radius 2 is 2.05 bits per heavy atom. The smallest absolute Gasteiger partial charge is 0.303 e. The Hall–Kier alpha value is -1.96. The number of nitrogens with two attached hydrogens (primary N) is 1. The van der Waals surface area contributed by atoms with E-state index in [1.54, 1.807) is 6.20 Å². The fourth-order valence-corrected chi connectivity index (χ4v) is 1.69. The zero-order valence-electron chi connectivity index (χ0n) is 11.4. The summed E-state index contributed by atoms with van der Waals surface area (Å²) in [4.78, 5) is 22.0. The molecule has 8 heteroatoms. The molecular weight excluding hydrogens is 262 g/mol. The van der Waals surface area contributed by atoms with Crippen molar-refractivity contribution in [2.75, 3.05) is 13.1 Å². The Morgan fingerprint density at radius 1 is 1.30 bits per heavy atom. The normalized spacial score (nSPS) is 10.4. The van der Waals surface area contributed by atoms with Gasteiger partial charge in [0.1, 0.15) is 0 Å². The number of hydrogen-bond acceptors (Lipinski definition) is 5. The third-order valence-electron chi connectivity index (χ3n) is 2.73. The van der Waals surface area contributed by atoms with Gasteiger partial charge in [-0.1, -0.05) is 18.1 Å². The maximum Gasteiger partial charge on any atom is 0.303 e. The van der Waals surface area contributed by atoms with E-state index in [9.17, 15) is 9.59 Å². The number of aromatic nitrogens is 3. The van der Waals surface area contributed by atoms with Crippen LogP contribution in [-0.4, -0.2) is 45.1 Å². The third kappa shape index (κ3) is 6.28. The Labute approximate surface area is 117 Å². The van der Waals surface area contributed by atoms with Crippen LogP contribution in [0.5, 0.6) is 0 Å². The standard InChI is InChI=1S/C12H21N5O3/c13-6-8-17-9-10(15-16-17)12(20)14-7-4-2-1-3-5-11(18)19/h9H,1-8,13H2,(H,14,20)(H,18,19). The number of carboxylic acids is 1. The Morgan fingerprint density at radius 3 is 2.75 bits per heavy atom. The number of unbranched alkanes of at least 4 members (excludes halogenated alkanes) is 3. The summed E-state index contributed by atoms with van der Waals surface area (Å²) in [6, 6.07) is 0. The van der Waals surface area contributed by atoms with E-state index in [0.717, 1.165) is 19.3 Å². The molecule has 0 atom stereocenters. The molecule has 0 aliphatic heterocycles. The lowest BCUT2D eigenvalue weighted by atomic mass is 10.1. The summed E-state index contributed by atoms with van der Waals surface area (Å²) in [5.41, 5.74) is 5.66. The molecule has 1 amide bonds. The number of carbonyl (C=O) groups excluding carboxylic acids is 1. The first-order chi connectivity index (χ1) is 9.63. The van der Waals surface area contributed by atoms with Crippen LogP contribution < -0.4 is 11.1 Å². The highest BCUT2D eigenvalue weighted by Gasteiger charge is 2.09. The van der Waals surface area contributed by atoms with Gasteiger partial charge in [-0.2, -0.15) is 0 Å². The first-order valence-electron chi connectivity index (χ1n) is 6.73. The van der Waals surface area contributed by atoms with Crippen molar-refractivity contribution in [3.05, 3.63) is 11.9 Å². The van der Waals surface area contributed by atoms with Crippen LogP contribution in [0.4, 0.5) is 0 Å². The lowest BCUT2D eigenvalue weighted by molar-refractivity contribution is -0.137. The van der Waals surface area contributed by atoms with Crippen molar-refractivity contribution in [1.29, 1.82) is 0 Å². The lowest BCUT2D eigenvalue weighted by Crippen LogP contribution is -2.24. The lowest BCUT2D eigenvalue weighted by Gasteiger charge is -2.02. The summed E-state index contributed by atoms with van der Waals surface area (Å²) in [7, 11) is 0. The van der Waals surface area contributed by atoms with Crippen LogP contribution in [0.25, 0.3) is 0 Å². The number of carbonyl (C=O) groups is 2. The highest BCUT2D eigenvalue weighted by atomic mass is 16.4. The second-order valence-corrected chi connectivity index (χ2v) is 4.47. The van der Waals surface area contributed by atoms with Crippen molar-refractivity contribution in [2.45, 2.75) is 38.6 Å². The van der Waals surface area contributed by atoms with Gasteiger partial charge in [0.15, 0.2) is 5.69 Å². The highest BCUT2D eigenvalue weighted by molar-refractivity contribution is 5.91. The summed E-state index contributed by atoms with van der Waals surface area (Å²) >= 11 is 0. The minimum Gasteiger partial charge on any atom is -0.481 e. The number of amides is 1. The average Bonchev–Trinajstić information content (AvgIpc) is 2.86. The van der Waals surface area contributed by atoms with Crippen molar-refractivity contribution >= 4 is 11.9 Å². The molecule has 0 aliphatic rings. The molecule has 8 nitrogen and oxygen atoms in total. The molecule has 0 saturated heterocycles. The fourth-order valence-electron chi connectivity index (χ4n) is 1.69. The molecule has 0 bridgehead atoms. The Balaban J connectivity index is 2.11. The zero-order valence-corrected chi connectivity index (χ0v) is 11.4. The van der Waals surface area contributed by atoms with Crippen LogP contribution >= 0.6 is 0 Å². The minimum atomic E-state index is -0.765. The SMILES string of the molecule is NCCn1cc(C(=O)NCCCCCCC(=O)O)nn1. The minimum absolute atomic E-state index is 0.205. The Kier molecular flexibility index (Phi) is 7.26. The molecule has 1 rings (SSSR count). The van der Waals surface area contributed by atoms with Gasteiger partial charge in [0.25, 0.3) is 5.91 Å². The van der Waals surface area contributed by atoms with Gasteiger partial charge >= 0.3 is 5.97 Å². The highest BCUT2D eigenvalue weighted by Crippen LogP contribution is 2.02. The second kappa shape index (κ2) is 9.03. The monoisotopic (exact) mass is 283 g/mol. The molecule has 20 heavy (non-hydrogen) atoms. The first kappa shape index (κ1) is 16.1. The predicted octanol–water partition coefficient (Wildman–Crippen LogP) is 0.00170.